The van der Waals surface area contributed by atoms with Crippen LogP contribution in [0, 0.1) is 0 Å². The van der Waals surface area contributed by atoms with E-state index in [1.807, 2.05) is 31.2 Å². The van der Waals surface area contributed by atoms with E-state index in [1.165, 1.54) is 0 Å². The number of hydrogen-bond acceptors (Lipinski definition) is 7. The SMILES string of the molecule is CCCCOc1ccc([C@H]2C(=C(O)c3ccc4c(c3)C[C@@H](C)O4)C(=O)C(=O)N2CCCN(CC)CC)cc1OC. The molecule has 2 aliphatic rings. The molecular weight excluding hydrogens is 508 g/mol. The Bertz CT molecular complexity index is 1250. The number of ether oxygens (including phenoxy) is 3. The first-order valence-electron chi connectivity index (χ1n) is 14.4. The minimum atomic E-state index is -0.751. The normalized spacial score (nSPS) is 19.7. The molecule has 0 aliphatic carbocycles. The number of methoxy groups -OCH3 is 1. The number of nitrogens with zero attached hydrogens (tertiary/aromatic N) is 2. The van der Waals surface area contributed by atoms with Gasteiger partial charge in [-0.25, -0.2) is 0 Å². The lowest BCUT2D eigenvalue weighted by Gasteiger charge is -2.27. The van der Waals surface area contributed by atoms with E-state index in [-0.39, 0.29) is 17.4 Å². The van der Waals surface area contributed by atoms with Crippen LogP contribution in [0.1, 0.15) is 69.7 Å². The number of aliphatic hydroxyl groups excluding tert-OH is 1. The van der Waals surface area contributed by atoms with E-state index in [0.29, 0.717) is 42.2 Å². The molecule has 0 radical (unpaired) electrons. The van der Waals surface area contributed by atoms with Crippen LogP contribution in [0.2, 0.25) is 0 Å². The number of likely N-dealkylation sites (tertiary alicyclic amines) is 1. The van der Waals surface area contributed by atoms with Gasteiger partial charge in [-0.05, 0) is 80.9 Å². The second-order valence-corrected chi connectivity index (χ2v) is 10.4. The Labute approximate surface area is 237 Å². The number of unbranched alkanes of at least 4 members (excludes halogenated alkanes) is 1. The summed E-state index contributed by atoms with van der Waals surface area (Å²) >= 11 is 0. The van der Waals surface area contributed by atoms with Crippen LogP contribution in [0.25, 0.3) is 5.76 Å². The van der Waals surface area contributed by atoms with Crippen LogP contribution in [-0.2, 0) is 16.0 Å². The van der Waals surface area contributed by atoms with Crippen LogP contribution in [0.5, 0.6) is 17.2 Å². The number of hydrogen-bond donors (Lipinski definition) is 1. The maximum absolute atomic E-state index is 13.5. The van der Waals surface area contributed by atoms with Crippen molar-refractivity contribution >= 4 is 17.4 Å². The summed E-state index contributed by atoms with van der Waals surface area (Å²) in [5.74, 6) is 0.432. The van der Waals surface area contributed by atoms with E-state index in [1.54, 1.807) is 24.1 Å². The van der Waals surface area contributed by atoms with Gasteiger partial charge in [-0.2, -0.15) is 0 Å². The molecular formula is C32H42N2O6. The van der Waals surface area contributed by atoms with Crippen molar-refractivity contribution in [1.82, 2.24) is 9.80 Å². The molecule has 8 heteroatoms. The van der Waals surface area contributed by atoms with Crippen molar-refractivity contribution in [2.45, 2.75) is 65.5 Å². The molecule has 0 spiro atoms. The Morgan fingerprint density at radius 2 is 1.85 bits per heavy atom. The number of ketones is 1. The van der Waals surface area contributed by atoms with Gasteiger partial charge in [-0.15, -0.1) is 0 Å². The van der Waals surface area contributed by atoms with E-state index in [2.05, 4.69) is 25.7 Å². The Morgan fingerprint density at radius 3 is 2.55 bits per heavy atom. The monoisotopic (exact) mass is 550 g/mol. The zero-order valence-corrected chi connectivity index (χ0v) is 24.4. The highest BCUT2D eigenvalue weighted by atomic mass is 16.5. The number of aliphatic hydroxyl groups is 1. The summed E-state index contributed by atoms with van der Waals surface area (Å²) in [5.41, 5.74) is 2.23. The molecule has 0 unspecified atom stereocenters. The molecule has 1 amide bonds. The third kappa shape index (κ3) is 6.12. The largest absolute Gasteiger partial charge is 0.507 e. The quantitative estimate of drug-likeness (QED) is 0.156. The molecule has 1 N–H and O–H groups in total. The molecule has 216 valence electrons. The van der Waals surface area contributed by atoms with Crippen molar-refractivity contribution in [2.24, 2.45) is 0 Å². The molecule has 2 heterocycles. The molecule has 4 rings (SSSR count). The van der Waals surface area contributed by atoms with Gasteiger partial charge in [0.25, 0.3) is 11.7 Å². The standard InChI is InChI=1S/C32H42N2O6/c1-6-9-17-39-26-14-11-22(20-27(26)38-5)29-28(30(35)23-12-13-25-24(19-23)18-21(4)40-25)31(36)32(37)34(29)16-10-15-33(7-2)8-3/h11-14,19-21,29,35H,6-10,15-18H2,1-5H3/t21-,29+/m1/s1. The summed E-state index contributed by atoms with van der Waals surface area (Å²) in [6, 6.07) is 10.1. The van der Waals surface area contributed by atoms with Crippen LogP contribution in [0.4, 0.5) is 0 Å². The molecule has 2 aromatic carbocycles. The summed E-state index contributed by atoms with van der Waals surface area (Å²) in [6.45, 7) is 11.9. The molecule has 1 fully saturated rings. The number of benzene rings is 2. The summed E-state index contributed by atoms with van der Waals surface area (Å²) < 4.78 is 17.4. The molecule has 2 aromatic rings. The topological polar surface area (TPSA) is 88.5 Å². The third-order valence-corrected chi connectivity index (χ3v) is 7.74. The summed E-state index contributed by atoms with van der Waals surface area (Å²) in [6.07, 6.45) is 3.40. The van der Waals surface area contributed by atoms with Crippen LogP contribution in [-0.4, -0.2) is 72.6 Å². The van der Waals surface area contributed by atoms with Gasteiger partial charge < -0.3 is 29.1 Å². The van der Waals surface area contributed by atoms with Gasteiger partial charge in [0.15, 0.2) is 11.5 Å². The zero-order valence-electron chi connectivity index (χ0n) is 24.4. The first-order chi connectivity index (χ1) is 19.3. The number of Topliss-reactive ketones (excluding diaryl/α,β-unsaturated/α-hetero) is 1. The summed E-state index contributed by atoms with van der Waals surface area (Å²) in [7, 11) is 1.57. The highest BCUT2D eigenvalue weighted by Gasteiger charge is 2.46. The van der Waals surface area contributed by atoms with Crippen LogP contribution < -0.4 is 14.2 Å². The second kappa shape index (κ2) is 13.2. The molecule has 0 bridgehead atoms. The molecule has 2 atom stereocenters. The molecule has 2 aliphatic heterocycles. The fourth-order valence-corrected chi connectivity index (χ4v) is 5.49. The van der Waals surface area contributed by atoms with Gasteiger partial charge >= 0.3 is 0 Å². The fraction of sp³-hybridized carbons (Fsp3) is 0.500. The van der Waals surface area contributed by atoms with Crippen LogP contribution >= 0.6 is 0 Å². The molecule has 0 saturated carbocycles. The number of fused-ring (bicyclic) bond motifs is 1. The minimum Gasteiger partial charge on any atom is -0.507 e. The van der Waals surface area contributed by atoms with E-state index < -0.39 is 17.7 Å². The van der Waals surface area contributed by atoms with Crippen molar-refractivity contribution < 1.29 is 28.9 Å². The lowest BCUT2D eigenvalue weighted by Crippen LogP contribution is -2.33. The smallest absolute Gasteiger partial charge is 0.295 e. The highest BCUT2D eigenvalue weighted by molar-refractivity contribution is 6.46. The lowest BCUT2D eigenvalue weighted by molar-refractivity contribution is -0.140. The third-order valence-electron chi connectivity index (χ3n) is 7.74. The average Bonchev–Trinajstić information content (AvgIpc) is 3.46. The van der Waals surface area contributed by atoms with Crippen molar-refractivity contribution in [1.29, 1.82) is 0 Å². The fourth-order valence-electron chi connectivity index (χ4n) is 5.49. The summed E-state index contributed by atoms with van der Waals surface area (Å²) in [4.78, 5) is 30.8. The van der Waals surface area contributed by atoms with Crippen molar-refractivity contribution in [3.8, 4) is 17.2 Å². The van der Waals surface area contributed by atoms with Crippen LogP contribution in [0.15, 0.2) is 42.0 Å². The van der Waals surface area contributed by atoms with Crippen molar-refractivity contribution in [2.75, 3.05) is 39.9 Å². The molecule has 8 nitrogen and oxygen atoms in total. The Kier molecular flexibility index (Phi) is 9.74. The number of carbonyl (C=O) groups excluding carboxylic acids is 2. The Morgan fingerprint density at radius 1 is 1.07 bits per heavy atom. The number of rotatable bonds is 13. The van der Waals surface area contributed by atoms with E-state index >= 15 is 0 Å². The second-order valence-electron chi connectivity index (χ2n) is 10.4. The van der Waals surface area contributed by atoms with E-state index in [0.717, 1.165) is 50.2 Å². The summed E-state index contributed by atoms with van der Waals surface area (Å²) in [5, 5.41) is 11.5. The maximum Gasteiger partial charge on any atom is 0.295 e. The first-order valence-corrected chi connectivity index (χ1v) is 14.4. The predicted octanol–water partition coefficient (Wildman–Crippen LogP) is 5.35. The van der Waals surface area contributed by atoms with Gasteiger partial charge in [-0.1, -0.05) is 33.3 Å². The molecule has 1 saturated heterocycles. The predicted molar refractivity (Wildman–Crippen MR) is 155 cm³/mol. The lowest BCUT2D eigenvalue weighted by atomic mass is 9.94. The van der Waals surface area contributed by atoms with E-state index in [4.69, 9.17) is 14.2 Å². The molecule has 0 aromatic heterocycles. The van der Waals surface area contributed by atoms with Gasteiger partial charge in [0.2, 0.25) is 0 Å². The minimum absolute atomic E-state index is 0.0503. The van der Waals surface area contributed by atoms with Gasteiger partial charge in [0.1, 0.15) is 17.6 Å². The maximum atomic E-state index is 13.5. The highest BCUT2D eigenvalue weighted by Crippen LogP contribution is 2.43. The number of amides is 1. The zero-order chi connectivity index (χ0) is 28.8. The molecule has 40 heavy (non-hydrogen) atoms. The van der Waals surface area contributed by atoms with Gasteiger partial charge in [0.05, 0.1) is 25.3 Å². The Balaban J connectivity index is 1.75. The van der Waals surface area contributed by atoms with Crippen molar-refractivity contribution in [3.05, 3.63) is 58.7 Å². The van der Waals surface area contributed by atoms with Gasteiger partial charge in [0, 0.05) is 18.5 Å². The average molecular weight is 551 g/mol. The number of carbonyl (C=O) groups is 2. The first kappa shape index (κ1) is 29.5. The van der Waals surface area contributed by atoms with Crippen LogP contribution in [0.3, 0.4) is 0 Å². The van der Waals surface area contributed by atoms with Crippen molar-refractivity contribution in [3.63, 3.8) is 0 Å². The Hall–Kier alpha value is -3.52. The van der Waals surface area contributed by atoms with Gasteiger partial charge in [-0.3, -0.25) is 9.59 Å². The van der Waals surface area contributed by atoms with E-state index in [9.17, 15) is 14.7 Å².